The van der Waals surface area contributed by atoms with Gasteiger partial charge in [0.25, 0.3) is 11.1 Å². The lowest BCUT2D eigenvalue weighted by molar-refractivity contribution is 0.906. The zero-order chi connectivity index (χ0) is 10.1. The van der Waals surface area contributed by atoms with E-state index in [9.17, 15) is 9.59 Å². The molecule has 1 aromatic heterocycles. The highest BCUT2D eigenvalue weighted by atomic mass is 16.1. The molecule has 0 bridgehead atoms. The highest BCUT2D eigenvalue weighted by Crippen LogP contribution is 2.03. The van der Waals surface area contributed by atoms with Crippen molar-refractivity contribution in [3.05, 3.63) is 51.2 Å². The zero-order valence-electron chi connectivity index (χ0n) is 7.60. The van der Waals surface area contributed by atoms with Crippen molar-refractivity contribution in [2.24, 2.45) is 7.05 Å². The maximum Gasteiger partial charge on any atom is 0.279 e. The van der Waals surface area contributed by atoms with Crippen LogP contribution >= 0.6 is 0 Å². The van der Waals surface area contributed by atoms with Gasteiger partial charge in [0.2, 0.25) is 0 Å². The monoisotopic (exact) mass is 188 g/mol. The molecule has 4 heteroatoms. The van der Waals surface area contributed by atoms with Crippen LogP contribution in [0.3, 0.4) is 0 Å². The third kappa shape index (κ3) is 1.21. The highest BCUT2D eigenvalue weighted by Gasteiger charge is 1.99. The van der Waals surface area contributed by atoms with E-state index in [0.29, 0.717) is 10.9 Å². The molecular weight excluding hydrogens is 180 g/mol. The maximum absolute atomic E-state index is 11.4. The summed E-state index contributed by atoms with van der Waals surface area (Å²) in [7, 11) is 1.62. The first-order valence-electron chi connectivity index (χ1n) is 4.15. The van der Waals surface area contributed by atoms with Gasteiger partial charge in [-0.05, 0) is 12.1 Å². The second-order valence-corrected chi connectivity index (χ2v) is 2.98. The lowest BCUT2D eigenvalue weighted by Crippen LogP contribution is -2.12. The molecule has 0 aliphatic rings. The summed E-state index contributed by atoms with van der Waals surface area (Å²) >= 11 is 0. The Balaban J connectivity index is 3.20. The summed E-state index contributed by atoms with van der Waals surface area (Å²) in [5.41, 5.74) is -0.0680. The molecule has 0 atom stereocenters. The SMILES string of the molecule is Cn1c(=O)cnc(=O)c2ccccc21. The van der Waals surface area contributed by atoms with E-state index in [4.69, 9.17) is 0 Å². The number of para-hydroxylation sites is 1. The normalized spacial score (nSPS) is 10.4. The minimum Gasteiger partial charge on any atom is -0.310 e. The van der Waals surface area contributed by atoms with Gasteiger partial charge in [-0.3, -0.25) is 9.59 Å². The summed E-state index contributed by atoms with van der Waals surface area (Å²) in [5.74, 6) is 0. The number of fused-ring (bicyclic) bond motifs is 1. The van der Waals surface area contributed by atoms with Crippen molar-refractivity contribution in [2.45, 2.75) is 0 Å². The van der Waals surface area contributed by atoms with Crippen LogP contribution in [0.1, 0.15) is 0 Å². The number of aromatic nitrogens is 2. The van der Waals surface area contributed by atoms with Crippen LogP contribution in [0.5, 0.6) is 0 Å². The van der Waals surface area contributed by atoms with Crippen molar-refractivity contribution < 1.29 is 0 Å². The largest absolute Gasteiger partial charge is 0.310 e. The number of aryl methyl sites for hydroxylation is 1. The van der Waals surface area contributed by atoms with E-state index in [1.54, 1.807) is 31.3 Å². The molecule has 0 fully saturated rings. The Labute approximate surface area is 79.5 Å². The standard InChI is InChI=1S/C10H8N2O2/c1-12-8-5-3-2-4-7(8)10(14)11-6-9(12)13/h2-6H,1H3. The predicted octanol–water partition coefficient (Wildman–Crippen LogP) is 0.294. The van der Waals surface area contributed by atoms with Gasteiger partial charge in [-0.1, -0.05) is 12.1 Å². The molecule has 2 rings (SSSR count). The Hall–Kier alpha value is -1.97. The number of rotatable bonds is 0. The molecule has 2 aromatic rings. The molecule has 0 spiro atoms. The molecule has 0 radical (unpaired) electrons. The Morgan fingerprint density at radius 1 is 1.21 bits per heavy atom. The van der Waals surface area contributed by atoms with Gasteiger partial charge in [-0.2, -0.15) is 0 Å². The molecule has 0 saturated heterocycles. The lowest BCUT2D eigenvalue weighted by atomic mass is 10.2. The third-order valence-corrected chi connectivity index (χ3v) is 2.12. The van der Waals surface area contributed by atoms with E-state index in [0.717, 1.165) is 6.20 Å². The van der Waals surface area contributed by atoms with E-state index < -0.39 is 0 Å². The summed E-state index contributed by atoms with van der Waals surface area (Å²) < 4.78 is 1.41. The van der Waals surface area contributed by atoms with Crippen LogP contribution in [-0.4, -0.2) is 9.55 Å². The average molecular weight is 188 g/mol. The van der Waals surface area contributed by atoms with Gasteiger partial charge in [0.05, 0.1) is 17.1 Å². The van der Waals surface area contributed by atoms with Crippen LogP contribution in [0.15, 0.2) is 40.1 Å². The molecule has 4 nitrogen and oxygen atoms in total. The molecule has 0 saturated carbocycles. The van der Waals surface area contributed by atoms with Crippen LogP contribution in [0, 0.1) is 0 Å². The number of hydrogen-bond donors (Lipinski definition) is 0. The van der Waals surface area contributed by atoms with Gasteiger partial charge >= 0.3 is 0 Å². The van der Waals surface area contributed by atoms with E-state index in [1.165, 1.54) is 4.57 Å². The van der Waals surface area contributed by atoms with E-state index in [2.05, 4.69) is 4.98 Å². The molecule has 1 heterocycles. The lowest BCUT2D eigenvalue weighted by Gasteiger charge is -1.95. The number of hydrogen-bond acceptors (Lipinski definition) is 3. The fourth-order valence-electron chi connectivity index (χ4n) is 1.34. The van der Waals surface area contributed by atoms with E-state index in [-0.39, 0.29) is 11.1 Å². The molecule has 0 aliphatic carbocycles. The first-order valence-corrected chi connectivity index (χ1v) is 4.15. The Morgan fingerprint density at radius 2 is 1.93 bits per heavy atom. The summed E-state index contributed by atoms with van der Waals surface area (Å²) in [5, 5.41) is 0.456. The van der Waals surface area contributed by atoms with E-state index in [1.807, 2.05) is 0 Å². The summed E-state index contributed by atoms with van der Waals surface area (Å²) in [6.45, 7) is 0. The minimum absolute atomic E-state index is 0.289. The van der Waals surface area contributed by atoms with Crippen LogP contribution in [-0.2, 0) is 7.05 Å². The van der Waals surface area contributed by atoms with Gasteiger partial charge in [-0.15, -0.1) is 0 Å². The maximum atomic E-state index is 11.4. The number of nitrogens with zero attached hydrogens (tertiary/aromatic N) is 2. The topological polar surface area (TPSA) is 52.0 Å². The summed E-state index contributed by atoms with van der Waals surface area (Å²) in [6, 6.07) is 6.90. The fraction of sp³-hybridized carbons (Fsp3) is 0.100. The Bertz CT molecular complexity index is 602. The summed E-state index contributed by atoms with van der Waals surface area (Å²) in [4.78, 5) is 26.3. The van der Waals surface area contributed by atoms with Crippen LogP contribution < -0.4 is 11.1 Å². The molecular formula is C10H8N2O2. The first kappa shape index (κ1) is 8.62. The fourth-order valence-corrected chi connectivity index (χ4v) is 1.34. The zero-order valence-corrected chi connectivity index (χ0v) is 7.60. The van der Waals surface area contributed by atoms with Crippen molar-refractivity contribution in [2.75, 3.05) is 0 Å². The van der Waals surface area contributed by atoms with Gasteiger partial charge in [0, 0.05) is 7.05 Å². The smallest absolute Gasteiger partial charge is 0.279 e. The van der Waals surface area contributed by atoms with Crippen molar-refractivity contribution in [3.63, 3.8) is 0 Å². The van der Waals surface area contributed by atoms with Crippen LogP contribution in [0.2, 0.25) is 0 Å². The third-order valence-electron chi connectivity index (χ3n) is 2.12. The first-order chi connectivity index (χ1) is 6.70. The van der Waals surface area contributed by atoms with Crippen molar-refractivity contribution in [1.82, 2.24) is 9.55 Å². The van der Waals surface area contributed by atoms with Crippen molar-refractivity contribution in [1.29, 1.82) is 0 Å². The van der Waals surface area contributed by atoms with Crippen LogP contribution in [0.25, 0.3) is 10.9 Å². The second kappa shape index (κ2) is 3.06. The van der Waals surface area contributed by atoms with Gasteiger partial charge in [0.1, 0.15) is 0 Å². The molecule has 1 aromatic carbocycles. The van der Waals surface area contributed by atoms with Gasteiger partial charge in [0.15, 0.2) is 0 Å². The van der Waals surface area contributed by atoms with Crippen molar-refractivity contribution in [3.8, 4) is 0 Å². The predicted molar refractivity (Wildman–Crippen MR) is 53.3 cm³/mol. The van der Waals surface area contributed by atoms with E-state index >= 15 is 0 Å². The Kier molecular flexibility index (Phi) is 1.89. The second-order valence-electron chi connectivity index (χ2n) is 2.98. The quantitative estimate of drug-likeness (QED) is 0.597. The van der Waals surface area contributed by atoms with Crippen molar-refractivity contribution >= 4 is 10.9 Å². The molecule has 0 amide bonds. The van der Waals surface area contributed by atoms with Crippen LogP contribution in [0.4, 0.5) is 0 Å². The molecule has 14 heavy (non-hydrogen) atoms. The van der Waals surface area contributed by atoms with Gasteiger partial charge < -0.3 is 4.57 Å². The molecule has 0 N–H and O–H groups in total. The summed E-state index contributed by atoms with van der Waals surface area (Å²) in [6.07, 6.45) is 1.04. The molecule has 70 valence electrons. The molecule has 0 unspecified atom stereocenters. The minimum atomic E-state index is -0.377. The molecule has 0 aliphatic heterocycles. The average Bonchev–Trinajstić information content (AvgIpc) is 2.33. The highest BCUT2D eigenvalue weighted by molar-refractivity contribution is 5.77. The Morgan fingerprint density at radius 3 is 2.71 bits per heavy atom. The van der Waals surface area contributed by atoms with Gasteiger partial charge in [-0.25, -0.2) is 4.98 Å². The number of benzene rings is 1.